The van der Waals surface area contributed by atoms with Crippen molar-refractivity contribution in [3.8, 4) is 0 Å². The van der Waals surface area contributed by atoms with Crippen LogP contribution in [0.2, 0.25) is 0 Å². The van der Waals surface area contributed by atoms with Crippen molar-refractivity contribution in [2.45, 2.75) is 26.2 Å². The predicted octanol–water partition coefficient (Wildman–Crippen LogP) is 1.07. The summed E-state index contributed by atoms with van der Waals surface area (Å²) in [6, 6.07) is 3.46. The van der Waals surface area contributed by atoms with Gasteiger partial charge in [-0.3, -0.25) is 4.79 Å². The molecule has 1 aliphatic heterocycles. The Hall–Kier alpha value is -1.62. The third-order valence-corrected chi connectivity index (χ3v) is 3.62. The van der Waals surface area contributed by atoms with Gasteiger partial charge in [0.25, 0.3) is 5.91 Å². The number of pyridine rings is 1. The van der Waals surface area contributed by atoms with Gasteiger partial charge in [0, 0.05) is 31.0 Å². The normalized spacial score (nSPS) is 18.8. The maximum absolute atomic E-state index is 12.4. The third-order valence-electron chi connectivity index (χ3n) is 3.62. The van der Waals surface area contributed by atoms with E-state index in [9.17, 15) is 4.79 Å². The molecule has 2 heterocycles. The van der Waals surface area contributed by atoms with Gasteiger partial charge in [0.2, 0.25) is 0 Å². The first-order valence-corrected chi connectivity index (χ1v) is 6.80. The number of carbonyl (C=O) groups excluding carboxylic acids is 1. The topological polar surface area (TPSA) is 79.5 Å². The molecule has 19 heavy (non-hydrogen) atoms. The van der Waals surface area contributed by atoms with Crippen LogP contribution in [0, 0.1) is 5.92 Å². The molecule has 0 radical (unpaired) electrons. The van der Waals surface area contributed by atoms with Gasteiger partial charge in [0.1, 0.15) is 5.82 Å². The molecule has 1 unspecified atom stereocenters. The number of aryl methyl sites for hydroxylation is 1. The summed E-state index contributed by atoms with van der Waals surface area (Å²) >= 11 is 0. The minimum absolute atomic E-state index is 0.0178. The molecule has 2 rings (SSSR count). The van der Waals surface area contributed by atoms with Gasteiger partial charge in [-0.25, -0.2) is 4.98 Å². The molecule has 1 amide bonds. The van der Waals surface area contributed by atoms with Crippen LogP contribution in [-0.4, -0.2) is 40.6 Å². The zero-order valence-electron chi connectivity index (χ0n) is 11.3. The lowest BCUT2D eigenvalue weighted by Crippen LogP contribution is -2.29. The summed E-state index contributed by atoms with van der Waals surface area (Å²) < 4.78 is 0. The van der Waals surface area contributed by atoms with E-state index in [0.717, 1.165) is 38.0 Å². The standard InChI is InChI=1S/C14H21N3O2/c1-2-12-7-11(8-13(15)16-12)14(19)17-5-3-10(9-17)4-6-18/h7-8,10,18H,2-6,9H2,1H3,(H2,15,16). The van der Waals surface area contributed by atoms with Gasteiger partial charge in [-0.05, 0) is 37.3 Å². The largest absolute Gasteiger partial charge is 0.396 e. The number of amides is 1. The highest BCUT2D eigenvalue weighted by Gasteiger charge is 2.26. The van der Waals surface area contributed by atoms with E-state index in [1.807, 2.05) is 17.9 Å². The molecule has 5 heteroatoms. The molecular weight excluding hydrogens is 242 g/mol. The molecule has 0 saturated carbocycles. The number of anilines is 1. The Kier molecular flexibility index (Phi) is 4.37. The Morgan fingerprint density at radius 3 is 3.05 bits per heavy atom. The van der Waals surface area contributed by atoms with Crippen molar-refractivity contribution in [1.29, 1.82) is 0 Å². The summed E-state index contributed by atoms with van der Waals surface area (Å²) in [6.07, 6.45) is 2.49. The van der Waals surface area contributed by atoms with Crippen molar-refractivity contribution in [3.63, 3.8) is 0 Å². The highest BCUT2D eigenvalue weighted by molar-refractivity contribution is 5.95. The van der Waals surface area contributed by atoms with Crippen molar-refractivity contribution in [2.75, 3.05) is 25.4 Å². The van der Waals surface area contributed by atoms with E-state index in [1.165, 1.54) is 0 Å². The quantitative estimate of drug-likeness (QED) is 0.851. The van der Waals surface area contributed by atoms with Gasteiger partial charge >= 0.3 is 0 Å². The van der Waals surface area contributed by atoms with Crippen LogP contribution >= 0.6 is 0 Å². The second kappa shape index (κ2) is 6.02. The van der Waals surface area contributed by atoms with E-state index >= 15 is 0 Å². The van der Waals surface area contributed by atoms with Crippen molar-refractivity contribution < 1.29 is 9.90 Å². The molecule has 1 saturated heterocycles. The monoisotopic (exact) mass is 263 g/mol. The number of carbonyl (C=O) groups is 1. The number of nitrogens with zero attached hydrogens (tertiary/aromatic N) is 2. The summed E-state index contributed by atoms with van der Waals surface area (Å²) in [5.41, 5.74) is 7.19. The Labute approximate surface area is 113 Å². The van der Waals surface area contributed by atoms with Gasteiger partial charge in [0.05, 0.1) is 0 Å². The summed E-state index contributed by atoms with van der Waals surface area (Å²) in [4.78, 5) is 18.4. The fourth-order valence-corrected chi connectivity index (χ4v) is 2.53. The van der Waals surface area contributed by atoms with Crippen LogP contribution in [0.1, 0.15) is 35.8 Å². The average Bonchev–Trinajstić information content (AvgIpc) is 2.86. The molecule has 3 N–H and O–H groups in total. The minimum atomic E-state index is 0.0178. The molecule has 0 aliphatic carbocycles. The SMILES string of the molecule is CCc1cc(C(=O)N2CCC(CCO)C2)cc(N)n1. The fourth-order valence-electron chi connectivity index (χ4n) is 2.53. The Morgan fingerprint density at radius 1 is 1.58 bits per heavy atom. The smallest absolute Gasteiger partial charge is 0.254 e. The molecule has 0 bridgehead atoms. The number of hydrogen-bond donors (Lipinski definition) is 2. The van der Waals surface area contributed by atoms with Crippen LogP contribution in [0.4, 0.5) is 5.82 Å². The van der Waals surface area contributed by atoms with Crippen molar-refractivity contribution in [3.05, 3.63) is 23.4 Å². The van der Waals surface area contributed by atoms with E-state index in [0.29, 0.717) is 17.3 Å². The summed E-state index contributed by atoms with van der Waals surface area (Å²) in [7, 11) is 0. The number of rotatable bonds is 4. The van der Waals surface area contributed by atoms with Crippen LogP contribution < -0.4 is 5.73 Å². The van der Waals surface area contributed by atoms with Gasteiger partial charge in [-0.1, -0.05) is 6.92 Å². The van der Waals surface area contributed by atoms with E-state index in [4.69, 9.17) is 10.8 Å². The zero-order valence-corrected chi connectivity index (χ0v) is 11.3. The lowest BCUT2D eigenvalue weighted by atomic mass is 10.1. The number of aromatic nitrogens is 1. The van der Waals surface area contributed by atoms with E-state index in [2.05, 4.69) is 4.98 Å². The first-order valence-electron chi connectivity index (χ1n) is 6.80. The Bertz CT molecular complexity index is 462. The van der Waals surface area contributed by atoms with Crippen LogP contribution in [-0.2, 0) is 6.42 Å². The van der Waals surface area contributed by atoms with Gasteiger partial charge < -0.3 is 15.7 Å². The van der Waals surface area contributed by atoms with Crippen LogP contribution in [0.5, 0.6) is 0 Å². The van der Waals surface area contributed by atoms with Crippen molar-refractivity contribution in [1.82, 2.24) is 9.88 Å². The molecule has 1 aromatic rings. The number of aliphatic hydroxyl groups is 1. The van der Waals surface area contributed by atoms with Crippen LogP contribution in [0.3, 0.4) is 0 Å². The van der Waals surface area contributed by atoms with E-state index in [1.54, 1.807) is 6.07 Å². The summed E-state index contributed by atoms with van der Waals surface area (Å²) in [6.45, 7) is 3.66. The number of hydrogen-bond acceptors (Lipinski definition) is 4. The summed E-state index contributed by atoms with van der Waals surface area (Å²) in [5.74, 6) is 0.830. The van der Waals surface area contributed by atoms with Crippen molar-refractivity contribution >= 4 is 11.7 Å². The summed E-state index contributed by atoms with van der Waals surface area (Å²) in [5, 5.41) is 8.95. The molecule has 0 spiro atoms. The Balaban J connectivity index is 2.10. The molecule has 1 fully saturated rings. The lowest BCUT2D eigenvalue weighted by molar-refractivity contribution is 0.0784. The van der Waals surface area contributed by atoms with Crippen LogP contribution in [0.15, 0.2) is 12.1 Å². The number of nitrogen functional groups attached to an aromatic ring is 1. The molecule has 1 aromatic heterocycles. The molecule has 1 aliphatic rings. The minimum Gasteiger partial charge on any atom is -0.396 e. The average molecular weight is 263 g/mol. The number of aliphatic hydroxyl groups excluding tert-OH is 1. The zero-order chi connectivity index (χ0) is 13.8. The maximum Gasteiger partial charge on any atom is 0.254 e. The molecule has 1 atom stereocenters. The third kappa shape index (κ3) is 3.23. The predicted molar refractivity (Wildman–Crippen MR) is 73.7 cm³/mol. The van der Waals surface area contributed by atoms with E-state index in [-0.39, 0.29) is 12.5 Å². The van der Waals surface area contributed by atoms with Crippen LogP contribution in [0.25, 0.3) is 0 Å². The molecule has 5 nitrogen and oxygen atoms in total. The number of likely N-dealkylation sites (tertiary alicyclic amines) is 1. The highest BCUT2D eigenvalue weighted by atomic mass is 16.3. The highest BCUT2D eigenvalue weighted by Crippen LogP contribution is 2.21. The molecule has 104 valence electrons. The van der Waals surface area contributed by atoms with Gasteiger partial charge in [-0.2, -0.15) is 0 Å². The maximum atomic E-state index is 12.4. The van der Waals surface area contributed by atoms with Gasteiger partial charge in [-0.15, -0.1) is 0 Å². The fraction of sp³-hybridized carbons (Fsp3) is 0.571. The van der Waals surface area contributed by atoms with Gasteiger partial charge in [0.15, 0.2) is 0 Å². The molecular formula is C14H21N3O2. The first-order chi connectivity index (χ1) is 9.13. The Morgan fingerprint density at radius 2 is 2.37 bits per heavy atom. The van der Waals surface area contributed by atoms with Crippen molar-refractivity contribution in [2.24, 2.45) is 5.92 Å². The first kappa shape index (κ1) is 13.8. The second-order valence-electron chi connectivity index (χ2n) is 5.04. The van der Waals surface area contributed by atoms with E-state index < -0.39 is 0 Å². The lowest BCUT2D eigenvalue weighted by Gasteiger charge is -2.17. The molecule has 0 aromatic carbocycles. The number of nitrogens with two attached hydrogens (primary N) is 1. The second-order valence-corrected chi connectivity index (χ2v) is 5.04.